The van der Waals surface area contributed by atoms with Crippen molar-refractivity contribution in [1.29, 1.82) is 0 Å². The predicted octanol–water partition coefficient (Wildman–Crippen LogP) is 3.18. The lowest BCUT2D eigenvalue weighted by molar-refractivity contribution is 0.144. The smallest absolute Gasteiger partial charge is 0.120 e. The van der Waals surface area contributed by atoms with Crippen LogP contribution in [0.4, 0.5) is 0 Å². The lowest BCUT2D eigenvalue weighted by Gasteiger charge is -2.28. The summed E-state index contributed by atoms with van der Waals surface area (Å²) in [6, 6.07) is 8.78. The van der Waals surface area contributed by atoms with Crippen LogP contribution in [0.25, 0.3) is 10.8 Å². The number of benzene rings is 1. The Morgan fingerprint density at radius 2 is 2.16 bits per heavy atom. The maximum absolute atomic E-state index is 6.07. The molecule has 3 rings (SSSR count). The molecule has 0 spiro atoms. The van der Waals surface area contributed by atoms with Crippen LogP contribution in [-0.4, -0.2) is 23.7 Å². The number of pyridine rings is 1. The predicted molar refractivity (Wildman–Crippen MR) is 80.1 cm³/mol. The minimum absolute atomic E-state index is 0. The molecule has 3 nitrogen and oxygen atoms in total. The average molecular weight is 279 g/mol. The molecule has 1 saturated heterocycles. The molecule has 0 amide bonds. The molecule has 2 aromatic rings. The van der Waals surface area contributed by atoms with Crippen molar-refractivity contribution in [1.82, 2.24) is 10.3 Å². The van der Waals surface area contributed by atoms with Crippen molar-refractivity contribution in [3.63, 3.8) is 0 Å². The second-order valence-corrected chi connectivity index (χ2v) is 5.00. The van der Waals surface area contributed by atoms with Gasteiger partial charge in [-0.05, 0) is 56.0 Å². The van der Waals surface area contributed by atoms with Gasteiger partial charge in [-0.1, -0.05) is 0 Å². The van der Waals surface area contributed by atoms with Gasteiger partial charge in [0.15, 0.2) is 0 Å². The van der Waals surface area contributed by atoms with Gasteiger partial charge < -0.3 is 10.1 Å². The highest BCUT2D eigenvalue weighted by Crippen LogP contribution is 2.23. The number of fused-ring (bicyclic) bond motifs is 1. The van der Waals surface area contributed by atoms with Crippen molar-refractivity contribution in [2.24, 2.45) is 0 Å². The molecule has 1 N–H and O–H groups in total. The highest BCUT2D eigenvalue weighted by Gasteiger charge is 2.19. The Bertz CT molecular complexity index is 546. The summed E-state index contributed by atoms with van der Waals surface area (Å²) in [5.41, 5.74) is 0. The van der Waals surface area contributed by atoms with Crippen molar-refractivity contribution >= 4 is 23.2 Å². The van der Waals surface area contributed by atoms with Crippen molar-refractivity contribution in [3.05, 3.63) is 36.7 Å². The SMILES string of the molecule is C[C@@H]1C[C@H](Oc2ccc3cnccc3c2)CCN1.Cl. The van der Waals surface area contributed by atoms with Crippen molar-refractivity contribution in [3.8, 4) is 5.75 Å². The summed E-state index contributed by atoms with van der Waals surface area (Å²) in [5, 5.41) is 5.78. The van der Waals surface area contributed by atoms with Crippen LogP contribution in [0.3, 0.4) is 0 Å². The lowest BCUT2D eigenvalue weighted by atomic mass is 10.0. The molecule has 0 radical (unpaired) electrons. The zero-order valence-corrected chi connectivity index (χ0v) is 11.8. The van der Waals surface area contributed by atoms with Crippen molar-refractivity contribution in [2.45, 2.75) is 31.9 Å². The summed E-state index contributed by atoms with van der Waals surface area (Å²) in [5.74, 6) is 0.966. The monoisotopic (exact) mass is 278 g/mol. The number of nitrogens with one attached hydrogen (secondary N) is 1. The third-order valence-electron chi connectivity index (χ3n) is 3.49. The summed E-state index contributed by atoms with van der Waals surface area (Å²) in [6.45, 7) is 3.25. The Kier molecular flexibility index (Phi) is 4.61. The zero-order valence-electron chi connectivity index (χ0n) is 11.0. The summed E-state index contributed by atoms with van der Waals surface area (Å²) in [4.78, 5) is 4.12. The molecule has 1 aliphatic rings. The molecule has 19 heavy (non-hydrogen) atoms. The van der Waals surface area contributed by atoms with E-state index in [1.807, 2.05) is 24.5 Å². The van der Waals surface area contributed by atoms with Gasteiger partial charge in [-0.25, -0.2) is 0 Å². The molecular formula is C15H19ClN2O. The number of piperidine rings is 1. The second kappa shape index (κ2) is 6.22. The molecule has 0 unspecified atom stereocenters. The number of ether oxygens (including phenoxy) is 1. The minimum Gasteiger partial charge on any atom is -0.490 e. The number of nitrogens with zero attached hydrogens (tertiary/aromatic N) is 1. The van der Waals surface area contributed by atoms with Crippen LogP contribution in [0.15, 0.2) is 36.7 Å². The van der Waals surface area contributed by atoms with Crippen molar-refractivity contribution < 1.29 is 4.74 Å². The van der Waals surface area contributed by atoms with E-state index in [1.165, 1.54) is 5.39 Å². The number of hydrogen-bond donors (Lipinski definition) is 1. The summed E-state index contributed by atoms with van der Waals surface area (Å²) in [7, 11) is 0. The normalized spacial score (nSPS) is 22.8. The number of hydrogen-bond acceptors (Lipinski definition) is 3. The molecule has 0 bridgehead atoms. The van der Waals surface area contributed by atoms with E-state index in [0.29, 0.717) is 12.1 Å². The van der Waals surface area contributed by atoms with Gasteiger partial charge in [0.2, 0.25) is 0 Å². The maximum atomic E-state index is 6.07. The highest BCUT2D eigenvalue weighted by molar-refractivity contribution is 5.85. The standard InChI is InChI=1S/C15H18N2O.ClH/c1-11-8-15(5-7-17-11)18-14-3-2-13-10-16-6-4-12(13)9-14;/h2-4,6,9-11,15,17H,5,7-8H2,1H3;1H/t11-,15-;/m1./s1. The fraction of sp³-hybridized carbons (Fsp3) is 0.400. The molecular weight excluding hydrogens is 260 g/mol. The highest BCUT2D eigenvalue weighted by atomic mass is 35.5. The fourth-order valence-corrected chi connectivity index (χ4v) is 2.52. The van der Waals surface area contributed by atoms with Gasteiger partial charge in [-0.3, -0.25) is 4.98 Å². The maximum Gasteiger partial charge on any atom is 0.120 e. The number of aromatic nitrogens is 1. The molecule has 1 aromatic carbocycles. The minimum atomic E-state index is 0. The van der Waals surface area contributed by atoms with Crippen LogP contribution >= 0.6 is 12.4 Å². The van der Waals surface area contributed by atoms with Crippen LogP contribution in [0.5, 0.6) is 5.75 Å². The van der Waals surface area contributed by atoms with E-state index in [1.54, 1.807) is 0 Å². The average Bonchev–Trinajstić information content (AvgIpc) is 2.39. The van der Waals surface area contributed by atoms with Gasteiger partial charge in [-0.2, -0.15) is 0 Å². The zero-order chi connectivity index (χ0) is 12.4. The molecule has 102 valence electrons. The van der Waals surface area contributed by atoms with Crippen molar-refractivity contribution in [2.75, 3.05) is 6.54 Å². The van der Waals surface area contributed by atoms with Gasteiger partial charge in [0.05, 0.1) is 0 Å². The molecule has 0 aliphatic carbocycles. The van der Waals surface area contributed by atoms with Crippen LogP contribution in [0.2, 0.25) is 0 Å². The lowest BCUT2D eigenvalue weighted by Crippen LogP contribution is -2.40. The molecule has 2 atom stereocenters. The van der Waals surface area contributed by atoms with Gasteiger partial charge in [0.1, 0.15) is 11.9 Å². The third kappa shape index (κ3) is 3.37. The van der Waals surface area contributed by atoms with E-state index in [-0.39, 0.29) is 12.4 Å². The number of halogens is 1. The summed E-state index contributed by atoms with van der Waals surface area (Å²) < 4.78 is 6.07. The van der Waals surface area contributed by atoms with E-state index in [4.69, 9.17) is 4.74 Å². The van der Waals surface area contributed by atoms with E-state index in [9.17, 15) is 0 Å². The quantitative estimate of drug-likeness (QED) is 0.916. The first-order valence-electron chi connectivity index (χ1n) is 6.55. The molecule has 1 aromatic heterocycles. The Hall–Kier alpha value is -1.32. The van der Waals surface area contributed by atoms with E-state index in [0.717, 1.165) is 30.5 Å². The fourth-order valence-electron chi connectivity index (χ4n) is 2.52. The third-order valence-corrected chi connectivity index (χ3v) is 3.49. The van der Waals surface area contributed by atoms with E-state index >= 15 is 0 Å². The molecule has 0 saturated carbocycles. The summed E-state index contributed by atoms with van der Waals surface area (Å²) in [6.07, 6.45) is 6.19. The summed E-state index contributed by atoms with van der Waals surface area (Å²) >= 11 is 0. The van der Waals surface area contributed by atoms with Crippen LogP contribution in [0, 0.1) is 0 Å². The van der Waals surface area contributed by atoms with Gasteiger partial charge in [0, 0.05) is 23.8 Å². The van der Waals surface area contributed by atoms with Crippen LogP contribution in [0.1, 0.15) is 19.8 Å². The van der Waals surface area contributed by atoms with E-state index in [2.05, 4.69) is 29.4 Å². The van der Waals surface area contributed by atoms with Crippen LogP contribution in [-0.2, 0) is 0 Å². The first-order valence-corrected chi connectivity index (χ1v) is 6.55. The first kappa shape index (κ1) is 14.1. The molecule has 2 heterocycles. The largest absolute Gasteiger partial charge is 0.490 e. The Balaban J connectivity index is 0.00000133. The first-order chi connectivity index (χ1) is 8.81. The Labute approximate surface area is 119 Å². The number of rotatable bonds is 2. The van der Waals surface area contributed by atoms with Crippen LogP contribution < -0.4 is 10.1 Å². The molecule has 1 fully saturated rings. The second-order valence-electron chi connectivity index (χ2n) is 5.00. The van der Waals surface area contributed by atoms with Gasteiger partial charge in [-0.15, -0.1) is 12.4 Å². The van der Waals surface area contributed by atoms with E-state index < -0.39 is 0 Å². The Morgan fingerprint density at radius 3 is 3.00 bits per heavy atom. The molecule has 1 aliphatic heterocycles. The molecule has 4 heteroatoms. The van der Waals surface area contributed by atoms with Gasteiger partial charge in [0.25, 0.3) is 0 Å². The topological polar surface area (TPSA) is 34.1 Å². The van der Waals surface area contributed by atoms with Gasteiger partial charge >= 0.3 is 0 Å². The Morgan fingerprint density at radius 1 is 1.26 bits per heavy atom.